The van der Waals surface area contributed by atoms with E-state index in [1.54, 1.807) is 0 Å². The lowest BCUT2D eigenvalue weighted by Gasteiger charge is -2.13. The number of carbonyl (C=O) groups excluding carboxylic acids is 1. The molecule has 0 aliphatic rings. The first-order valence-corrected chi connectivity index (χ1v) is 5.12. The van der Waals surface area contributed by atoms with Gasteiger partial charge >= 0.3 is 18.3 Å². The zero-order valence-electron chi connectivity index (χ0n) is 9.40. The third kappa shape index (κ3) is 4.46. The molecule has 2 nitrogen and oxygen atoms in total. The average molecular weight is 285 g/mol. The molecule has 1 amide bonds. The number of benzene rings is 1. The van der Waals surface area contributed by atoms with Gasteiger partial charge in [0.2, 0.25) is 0 Å². The largest absolute Gasteiger partial charge is 0.471 e. The summed E-state index contributed by atoms with van der Waals surface area (Å²) in [6, 6.07) is 4.51. The Morgan fingerprint density at radius 2 is 1.63 bits per heavy atom. The Morgan fingerprint density at radius 3 is 2.16 bits per heavy atom. The maximum atomic E-state index is 12.6. The predicted molar refractivity (Wildman–Crippen MR) is 54.2 cm³/mol. The molecule has 0 saturated heterocycles. The molecular formula is C11H9F6NO. The van der Waals surface area contributed by atoms with E-state index in [1.807, 2.05) is 0 Å². The number of rotatable bonds is 3. The van der Waals surface area contributed by atoms with Crippen LogP contribution in [-0.4, -0.2) is 18.6 Å². The van der Waals surface area contributed by atoms with Crippen molar-refractivity contribution in [2.75, 3.05) is 6.54 Å². The predicted octanol–water partition coefficient (Wildman–Crippen LogP) is 2.93. The molecule has 0 heterocycles. The number of halogens is 6. The zero-order chi connectivity index (χ0) is 14.7. The maximum absolute atomic E-state index is 12.6. The lowest BCUT2D eigenvalue weighted by atomic mass is 10.0. The van der Waals surface area contributed by atoms with Crippen molar-refractivity contribution in [3.63, 3.8) is 0 Å². The van der Waals surface area contributed by atoms with Gasteiger partial charge in [0.25, 0.3) is 0 Å². The van der Waals surface area contributed by atoms with Crippen LogP contribution in [0.15, 0.2) is 24.3 Å². The molecule has 0 radical (unpaired) electrons. The molecule has 0 saturated carbocycles. The summed E-state index contributed by atoms with van der Waals surface area (Å²) in [6.45, 7) is -0.522. The summed E-state index contributed by atoms with van der Waals surface area (Å²) in [4.78, 5) is 10.5. The first-order chi connectivity index (χ1) is 8.62. The Hall–Kier alpha value is -1.73. The van der Waals surface area contributed by atoms with E-state index in [-0.39, 0.29) is 12.0 Å². The van der Waals surface area contributed by atoms with Gasteiger partial charge in [-0.05, 0) is 18.1 Å². The molecule has 0 bridgehead atoms. The van der Waals surface area contributed by atoms with Crippen LogP contribution in [0.2, 0.25) is 0 Å². The van der Waals surface area contributed by atoms with E-state index in [9.17, 15) is 31.1 Å². The molecule has 1 aromatic rings. The standard InChI is InChI=1S/C11H9F6NO/c12-10(13,14)8-4-2-1-3-7(8)5-6-18-9(19)11(15,16)17/h1-4H,5-6H2,(H,18,19). The van der Waals surface area contributed by atoms with E-state index >= 15 is 0 Å². The van der Waals surface area contributed by atoms with Crippen LogP contribution < -0.4 is 5.32 Å². The van der Waals surface area contributed by atoms with Crippen molar-refractivity contribution < 1.29 is 31.1 Å². The summed E-state index contributed by atoms with van der Waals surface area (Å²) in [7, 11) is 0. The molecule has 1 N–H and O–H groups in total. The number of nitrogens with one attached hydrogen (secondary N) is 1. The first kappa shape index (κ1) is 15.3. The molecule has 0 unspecified atom stereocenters. The minimum absolute atomic E-state index is 0.169. The van der Waals surface area contributed by atoms with Crippen molar-refractivity contribution in [1.29, 1.82) is 0 Å². The molecule has 0 aliphatic carbocycles. The Balaban J connectivity index is 2.67. The number of carbonyl (C=O) groups is 1. The van der Waals surface area contributed by atoms with Gasteiger partial charge < -0.3 is 5.32 Å². The van der Waals surface area contributed by atoms with E-state index in [1.165, 1.54) is 17.4 Å². The Bertz CT molecular complexity index is 451. The van der Waals surface area contributed by atoms with Gasteiger partial charge in [-0.1, -0.05) is 18.2 Å². The van der Waals surface area contributed by atoms with Crippen molar-refractivity contribution in [3.8, 4) is 0 Å². The minimum Gasteiger partial charge on any atom is -0.348 e. The highest BCUT2D eigenvalue weighted by Gasteiger charge is 2.38. The topological polar surface area (TPSA) is 29.1 Å². The van der Waals surface area contributed by atoms with E-state index in [0.29, 0.717) is 0 Å². The van der Waals surface area contributed by atoms with Crippen LogP contribution in [0.4, 0.5) is 26.3 Å². The fourth-order valence-electron chi connectivity index (χ4n) is 1.43. The van der Waals surface area contributed by atoms with Gasteiger partial charge in [0, 0.05) is 6.54 Å². The van der Waals surface area contributed by atoms with Crippen LogP contribution in [0.5, 0.6) is 0 Å². The highest BCUT2D eigenvalue weighted by molar-refractivity contribution is 5.81. The van der Waals surface area contributed by atoms with Gasteiger partial charge in [-0.2, -0.15) is 26.3 Å². The van der Waals surface area contributed by atoms with Crippen LogP contribution >= 0.6 is 0 Å². The summed E-state index contributed by atoms with van der Waals surface area (Å²) >= 11 is 0. The third-order valence-corrected chi connectivity index (χ3v) is 2.26. The third-order valence-electron chi connectivity index (χ3n) is 2.26. The fourth-order valence-corrected chi connectivity index (χ4v) is 1.43. The highest BCUT2D eigenvalue weighted by atomic mass is 19.4. The van der Waals surface area contributed by atoms with Gasteiger partial charge in [-0.25, -0.2) is 0 Å². The first-order valence-electron chi connectivity index (χ1n) is 5.12. The number of alkyl halides is 6. The number of hydrogen-bond donors (Lipinski definition) is 1. The molecule has 0 aromatic heterocycles. The Labute approximate surface area is 104 Å². The number of amides is 1. The van der Waals surface area contributed by atoms with Crippen LogP contribution in [-0.2, 0) is 17.4 Å². The number of hydrogen-bond acceptors (Lipinski definition) is 1. The van der Waals surface area contributed by atoms with Crippen molar-refractivity contribution >= 4 is 5.91 Å². The van der Waals surface area contributed by atoms with Gasteiger partial charge in [-0.3, -0.25) is 4.79 Å². The molecule has 0 fully saturated rings. The summed E-state index contributed by atoms with van der Waals surface area (Å²) in [6.07, 6.45) is -9.95. The van der Waals surface area contributed by atoms with Crippen molar-refractivity contribution in [3.05, 3.63) is 35.4 Å². The molecule has 0 spiro atoms. The summed E-state index contributed by atoms with van der Waals surface area (Å²) < 4.78 is 73.2. The lowest BCUT2D eigenvalue weighted by molar-refractivity contribution is -0.173. The molecule has 1 rings (SSSR count). The molecule has 106 valence electrons. The molecule has 19 heavy (non-hydrogen) atoms. The van der Waals surface area contributed by atoms with E-state index < -0.39 is 30.4 Å². The Kier molecular flexibility index (Phi) is 4.43. The van der Waals surface area contributed by atoms with Gasteiger partial charge in [-0.15, -0.1) is 0 Å². The molecule has 8 heteroatoms. The lowest BCUT2D eigenvalue weighted by Crippen LogP contribution is -2.37. The smallest absolute Gasteiger partial charge is 0.348 e. The SMILES string of the molecule is O=C(NCCc1ccccc1C(F)(F)F)C(F)(F)F. The van der Waals surface area contributed by atoms with Crippen molar-refractivity contribution in [1.82, 2.24) is 5.32 Å². The van der Waals surface area contributed by atoms with Gasteiger partial charge in [0.15, 0.2) is 0 Å². The molecular weight excluding hydrogens is 276 g/mol. The average Bonchev–Trinajstić information content (AvgIpc) is 2.27. The summed E-state index contributed by atoms with van der Waals surface area (Å²) in [5.41, 5.74) is -1.09. The quantitative estimate of drug-likeness (QED) is 0.850. The monoisotopic (exact) mass is 285 g/mol. The normalized spacial score (nSPS) is 12.3. The van der Waals surface area contributed by atoms with Gasteiger partial charge in [0.05, 0.1) is 5.56 Å². The summed E-state index contributed by atoms with van der Waals surface area (Å²) in [5, 5.41) is 1.52. The van der Waals surface area contributed by atoms with E-state index in [2.05, 4.69) is 0 Å². The van der Waals surface area contributed by atoms with Crippen molar-refractivity contribution in [2.24, 2.45) is 0 Å². The Morgan fingerprint density at radius 1 is 1.05 bits per heavy atom. The van der Waals surface area contributed by atoms with Crippen LogP contribution in [0, 0.1) is 0 Å². The summed E-state index contributed by atoms with van der Waals surface area (Å²) in [5.74, 6) is -2.17. The van der Waals surface area contributed by atoms with E-state index in [0.717, 1.165) is 12.1 Å². The highest BCUT2D eigenvalue weighted by Crippen LogP contribution is 2.31. The second kappa shape index (κ2) is 5.50. The van der Waals surface area contributed by atoms with E-state index in [4.69, 9.17) is 0 Å². The molecule has 1 aromatic carbocycles. The molecule has 0 aliphatic heterocycles. The van der Waals surface area contributed by atoms with Crippen LogP contribution in [0.1, 0.15) is 11.1 Å². The fraction of sp³-hybridized carbons (Fsp3) is 0.364. The molecule has 0 atom stereocenters. The van der Waals surface area contributed by atoms with Crippen LogP contribution in [0.3, 0.4) is 0 Å². The second-order valence-corrected chi connectivity index (χ2v) is 3.66. The van der Waals surface area contributed by atoms with Crippen molar-refractivity contribution in [2.45, 2.75) is 18.8 Å². The maximum Gasteiger partial charge on any atom is 0.471 e. The van der Waals surface area contributed by atoms with Crippen LogP contribution in [0.25, 0.3) is 0 Å². The second-order valence-electron chi connectivity index (χ2n) is 3.66. The minimum atomic E-state index is -5.04. The zero-order valence-corrected chi connectivity index (χ0v) is 9.40. The van der Waals surface area contributed by atoms with Gasteiger partial charge in [0.1, 0.15) is 0 Å².